The van der Waals surface area contributed by atoms with Crippen LogP contribution in [0.15, 0.2) is 30.3 Å². The van der Waals surface area contributed by atoms with Crippen LogP contribution in [0, 0.1) is 6.92 Å². The van der Waals surface area contributed by atoms with Crippen LogP contribution in [0.4, 0.5) is 5.82 Å². The third-order valence-electron chi connectivity index (χ3n) is 3.21. The summed E-state index contributed by atoms with van der Waals surface area (Å²) in [6.07, 6.45) is 2.36. The van der Waals surface area contributed by atoms with E-state index in [4.69, 9.17) is 11.6 Å². The van der Waals surface area contributed by atoms with E-state index in [1.54, 1.807) is 6.07 Å². The Bertz CT molecular complexity index is 594. The van der Waals surface area contributed by atoms with Gasteiger partial charge in [-0.1, -0.05) is 41.4 Å². The van der Waals surface area contributed by atoms with E-state index in [1.807, 2.05) is 0 Å². The van der Waals surface area contributed by atoms with Crippen LogP contribution in [0.5, 0.6) is 0 Å². The van der Waals surface area contributed by atoms with Crippen molar-refractivity contribution in [1.82, 2.24) is 9.97 Å². The van der Waals surface area contributed by atoms with E-state index in [2.05, 4.69) is 46.5 Å². The van der Waals surface area contributed by atoms with E-state index in [0.717, 1.165) is 18.2 Å². The molecule has 1 fully saturated rings. The van der Waals surface area contributed by atoms with Gasteiger partial charge in [-0.2, -0.15) is 0 Å². The number of hydrogen-bond donors (Lipinski definition) is 1. The molecule has 1 aliphatic carbocycles. The maximum atomic E-state index is 6.04. The second-order valence-corrected chi connectivity index (χ2v) is 5.44. The molecule has 0 bridgehead atoms. The molecule has 0 unspecified atom stereocenters. The van der Waals surface area contributed by atoms with Gasteiger partial charge in [0.05, 0.1) is 0 Å². The fourth-order valence-electron chi connectivity index (χ4n) is 2.06. The van der Waals surface area contributed by atoms with Crippen LogP contribution in [0.1, 0.15) is 35.7 Å². The molecule has 1 saturated carbocycles. The zero-order valence-electron chi connectivity index (χ0n) is 10.9. The largest absolute Gasteiger partial charge is 0.366 e. The van der Waals surface area contributed by atoms with Crippen molar-refractivity contribution in [2.45, 2.75) is 32.2 Å². The first-order chi connectivity index (χ1) is 9.20. The van der Waals surface area contributed by atoms with Crippen molar-refractivity contribution < 1.29 is 0 Å². The van der Waals surface area contributed by atoms with Crippen LogP contribution in [0.2, 0.25) is 5.15 Å². The maximum absolute atomic E-state index is 6.04. The van der Waals surface area contributed by atoms with Crippen molar-refractivity contribution in [2.24, 2.45) is 0 Å². The lowest BCUT2D eigenvalue weighted by Crippen LogP contribution is -2.04. The van der Waals surface area contributed by atoms with Gasteiger partial charge in [-0.05, 0) is 25.3 Å². The van der Waals surface area contributed by atoms with Crippen LogP contribution < -0.4 is 5.32 Å². The third-order valence-corrected chi connectivity index (χ3v) is 3.40. The molecule has 3 rings (SSSR count). The molecule has 4 heteroatoms. The summed E-state index contributed by atoms with van der Waals surface area (Å²) in [4.78, 5) is 8.81. The summed E-state index contributed by atoms with van der Waals surface area (Å²) >= 11 is 6.04. The first kappa shape index (κ1) is 12.4. The summed E-state index contributed by atoms with van der Waals surface area (Å²) in [5, 5.41) is 3.83. The quantitative estimate of drug-likeness (QED) is 0.858. The van der Waals surface area contributed by atoms with Gasteiger partial charge in [0.25, 0.3) is 0 Å². The van der Waals surface area contributed by atoms with E-state index in [0.29, 0.717) is 11.1 Å². The van der Waals surface area contributed by atoms with Gasteiger partial charge < -0.3 is 5.32 Å². The summed E-state index contributed by atoms with van der Waals surface area (Å²) in [7, 11) is 0. The number of aryl methyl sites for hydroxylation is 1. The minimum Gasteiger partial charge on any atom is -0.366 e. The lowest BCUT2D eigenvalue weighted by atomic mass is 10.1. The first-order valence-corrected chi connectivity index (χ1v) is 6.92. The summed E-state index contributed by atoms with van der Waals surface area (Å²) in [5.41, 5.74) is 2.50. The molecule has 0 amide bonds. The Morgan fingerprint density at radius 2 is 2.11 bits per heavy atom. The van der Waals surface area contributed by atoms with E-state index < -0.39 is 0 Å². The highest BCUT2D eigenvalue weighted by Gasteiger charge is 2.27. The molecule has 19 heavy (non-hydrogen) atoms. The molecule has 0 spiro atoms. The summed E-state index contributed by atoms with van der Waals surface area (Å²) in [5.74, 6) is 2.20. The lowest BCUT2D eigenvalue weighted by Gasteiger charge is -2.08. The van der Waals surface area contributed by atoms with Gasteiger partial charge in [0.15, 0.2) is 0 Å². The molecule has 1 aliphatic rings. The van der Waals surface area contributed by atoms with E-state index in [-0.39, 0.29) is 0 Å². The molecule has 98 valence electrons. The molecule has 3 nitrogen and oxygen atoms in total. The SMILES string of the molecule is Cc1cccc(CNc2cc(Cl)nc(C3CC3)n2)c1. The zero-order chi connectivity index (χ0) is 13.2. The summed E-state index contributed by atoms with van der Waals surface area (Å²) in [6.45, 7) is 2.84. The van der Waals surface area contributed by atoms with Crippen molar-refractivity contribution in [3.8, 4) is 0 Å². The average molecular weight is 274 g/mol. The highest BCUT2D eigenvalue weighted by atomic mass is 35.5. The predicted molar refractivity (Wildman–Crippen MR) is 77.5 cm³/mol. The Morgan fingerprint density at radius 3 is 2.84 bits per heavy atom. The average Bonchev–Trinajstić information content (AvgIpc) is 3.20. The molecule has 0 aliphatic heterocycles. The summed E-state index contributed by atoms with van der Waals surface area (Å²) < 4.78 is 0. The van der Waals surface area contributed by atoms with Crippen molar-refractivity contribution in [3.05, 3.63) is 52.4 Å². The van der Waals surface area contributed by atoms with Gasteiger partial charge in [-0.15, -0.1) is 0 Å². The van der Waals surface area contributed by atoms with Crippen molar-refractivity contribution >= 4 is 17.4 Å². The zero-order valence-corrected chi connectivity index (χ0v) is 11.6. The Kier molecular flexibility index (Phi) is 3.38. The molecule has 0 saturated heterocycles. The van der Waals surface area contributed by atoms with Gasteiger partial charge in [0, 0.05) is 18.5 Å². The fraction of sp³-hybridized carbons (Fsp3) is 0.333. The van der Waals surface area contributed by atoms with E-state index in [1.165, 1.54) is 24.0 Å². The smallest absolute Gasteiger partial charge is 0.135 e. The number of hydrogen-bond acceptors (Lipinski definition) is 3. The molecule has 1 aromatic carbocycles. The highest BCUT2D eigenvalue weighted by Crippen LogP contribution is 2.38. The van der Waals surface area contributed by atoms with Gasteiger partial charge in [-0.25, -0.2) is 9.97 Å². The molecular formula is C15H16ClN3. The molecule has 0 atom stereocenters. The molecule has 1 N–H and O–H groups in total. The minimum absolute atomic E-state index is 0.512. The van der Waals surface area contributed by atoms with Gasteiger partial charge in [0.1, 0.15) is 16.8 Å². The van der Waals surface area contributed by atoms with Crippen LogP contribution in [0.25, 0.3) is 0 Å². The number of aromatic nitrogens is 2. The molecule has 2 aromatic rings. The molecule has 0 radical (unpaired) electrons. The second-order valence-electron chi connectivity index (χ2n) is 5.05. The number of rotatable bonds is 4. The lowest BCUT2D eigenvalue weighted by molar-refractivity contribution is 0.921. The second kappa shape index (κ2) is 5.17. The first-order valence-electron chi connectivity index (χ1n) is 6.54. The van der Waals surface area contributed by atoms with Crippen molar-refractivity contribution in [2.75, 3.05) is 5.32 Å². The monoisotopic (exact) mass is 273 g/mol. The topological polar surface area (TPSA) is 37.8 Å². The maximum Gasteiger partial charge on any atom is 0.135 e. The molecule has 1 heterocycles. The Hall–Kier alpha value is -1.61. The predicted octanol–water partition coefficient (Wildman–Crippen LogP) is 3.93. The Morgan fingerprint density at radius 1 is 1.26 bits per heavy atom. The number of halogens is 1. The number of benzene rings is 1. The molecular weight excluding hydrogens is 258 g/mol. The van der Waals surface area contributed by atoms with Crippen molar-refractivity contribution in [1.29, 1.82) is 0 Å². The van der Waals surface area contributed by atoms with E-state index in [9.17, 15) is 0 Å². The van der Waals surface area contributed by atoms with E-state index >= 15 is 0 Å². The Balaban J connectivity index is 1.72. The van der Waals surface area contributed by atoms with Crippen LogP contribution in [-0.4, -0.2) is 9.97 Å². The van der Waals surface area contributed by atoms with Crippen molar-refractivity contribution in [3.63, 3.8) is 0 Å². The highest BCUT2D eigenvalue weighted by molar-refractivity contribution is 6.29. The fourth-order valence-corrected chi connectivity index (χ4v) is 2.25. The van der Waals surface area contributed by atoms with Crippen LogP contribution in [0.3, 0.4) is 0 Å². The van der Waals surface area contributed by atoms with Gasteiger partial charge >= 0.3 is 0 Å². The van der Waals surface area contributed by atoms with Gasteiger partial charge in [-0.3, -0.25) is 0 Å². The van der Waals surface area contributed by atoms with Crippen LogP contribution >= 0.6 is 11.6 Å². The number of anilines is 1. The standard InChI is InChI=1S/C15H16ClN3/c1-10-3-2-4-11(7-10)9-17-14-8-13(16)18-15(19-14)12-5-6-12/h2-4,7-8,12H,5-6,9H2,1H3,(H,17,18,19). The Labute approximate surface area is 118 Å². The molecule has 1 aromatic heterocycles. The van der Waals surface area contributed by atoms with Crippen LogP contribution in [-0.2, 0) is 6.54 Å². The van der Waals surface area contributed by atoms with Gasteiger partial charge in [0.2, 0.25) is 0 Å². The summed E-state index contributed by atoms with van der Waals surface area (Å²) in [6, 6.07) is 10.2. The number of nitrogens with one attached hydrogen (secondary N) is 1. The number of nitrogens with zero attached hydrogens (tertiary/aromatic N) is 2. The third kappa shape index (κ3) is 3.24. The minimum atomic E-state index is 0.512. The normalized spacial score (nSPS) is 14.4.